The summed E-state index contributed by atoms with van der Waals surface area (Å²) in [6, 6.07) is 4.24. The van der Waals surface area contributed by atoms with E-state index in [-0.39, 0.29) is 17.6 Å². The number of pyridine rings is 1. The molecule has 0 aliphatic heterocycles. The molecule has 0 fully saturated rings. The van der Waals surface area contributed by atoms with E-state index in [0.717, 1.165) is 24.0 Å². The summed E-state index contributed by atoms with van der Waals surface area (Å²) in [7, 11) is 0. The van der Waals surface area contributed by atoms with E-state index in [1.54, 1.807) is 11.8 Å². The van der Waals surface area contributed by atoms with Gasteiger partial charge in [0, 0.05) is 19.3 Å². The summed E-state index contributed by atoms with van der Waals surface area (Å²) in [5.41, 5.74) is -0.818. The molecule has 0 unspecified atom stereocenters. The second-order valence-corrected chi connectivity index (χ2v) is 5.63. The number of nitriles is 1. The maximum absolute atomic E-state index is 12.4. The first kappa shape index (κ1) is 18.3. The quantitative estimate of drug-likeness (QED) is 0.751. The van der Waals surface area contributed by atoms with E-state index in [1.165, 1.54) is 6.07 Å². The summed E-state index contributed by atoms with van der Waals surface area (Å²) >= 11 is 1.07. The first-order chi connectivity index (χ1) is 10.3. The fraction of sp³-hybridized carbons (Fsp3) is 0.500. The summed E-state index contributed by atoms with van der Waals surface area (Å²) in [5, 5.41) is 9.12. The van der Waals surface area contributed by atoms with E-state index < -0.39 is 11.7 Å². The molecule has 8 heteroatoms. The van der Waals surface area contributed by atoms with Crippen molar-refractivity contribution in [3.8, 4) is 6.07 Å². The van der Waals surface area contributed by atoms with Crippen molar-refractivity contribution in [3.05, 3.63) is 23.9 Å². The fourth-order valence-electron chi connectivity index (χ4n) is 1.64. The third-order valence-corrected chi connectivity index (χ3v) is 3.78. The number of carbonyl (C=O) groups is 1. The highest BCUT2D eigenvalue weighted by atomic mass is 32.2. The van der Waals surface area contributed by atoms with Crippen LogP contribution in [0, 0.1) is 17.2 Å². The smallest absolute Gasteiger partial charge is 0.341 e. The van der Waals surface area contributed by atoms with Crippen LogP contribution in [-0.2, 0) is 11.0 Å². The Morgan fingerprint density at radius 3 is 2.64 bits per heavy atom. The molecule has 4 nitrogen and oxygen atoms in total. The van der Waals surface area contributed by atoms with Gasteiger partial charge in [-0.25, -0.2) is 4.98 Å². The minimum absolute atomic E-state index is 0.0738. The Hall–Kier alpha value is -1.75. The largest absolute Gasteiger partial charge is 0.417 e. The van der Waals surface area contributed by atoms with Crippen LogP contribution in [0.15, 0.2) is 23.4 Å². The molecule has 22 heavy (non-hydrogen) atoms. The maximum atomic E-state index is 12.4. The van der Waals surface area contributed by atoms with Gasteiger partial charge in [0.15, 0.2) is 0 Å². The van der Waals surface area contributed by atoms with Crippen LogP contribution >= 0.6 is 11.8 Å². The molecule has 0 saturated carbocycles. The zero-order valence-corrected chi connectivity index (χ0v) is 13.0. The number of rotatable bonds is 6. The highest BCUT2D eigenvalue weighted by Gasteiger charge is 2.30. The second kappa shape index (κ2) is 8.03. The Bertz CT molecular complexity index is 540. The van der Waals surface area contributed by atoms with E-state index in [9.17, 15) is 18.0 Å². The van der Waals surface area contributed by atoms with Crippen LogP contribution < -0.4 is 0 Å². The van der Waals surface area contributed by atoms with Crippen LogP contribution in [0.5, 0.6) is 0 Å². The lowest BCUT2D eigenvalue weighted by atomic mass is 10.2. The van der Waals surface area contributed by atoms with E-state index in [0.29, 0.717) is 18.1 Å². The van der Waals surface area contributed by atoms with E-state index in [2.05, 4.69) is 11.1 Å². The van der Waals surface area contributed by atoms with Crippen molar-refractivity contribution in [2.45, 2.75) is 25.0 Å². The normalized spacial score (nSPS) is 12.5. The number of nitrogens with zero attached hydrogens (tertiary/aromatic N) is 3. The Kier molecular flexibility index (Phi) is 6.68. The molecule has 1 atom stereocenters. The van der Waals surface area contributed by atoms with E-state index in [1.807, 2.05) is 6.92 Å². The number of hydrogen-bond donors (Lipinski definition) is 0. The summed E-state index contributed by atoms with van der Waals surface area (Å²) in [6.07, 6.45) is -3.67. The Labute approximate surface area is 131 Å². The first-order valence-corrected chi connectivity index (χ1v) is 7.60. The molecule has 0 aliphatic carbocycles. The molecule has 1 aromatic heterocycles. The van der Waals surface area contributed by atoms with Gasteiger partial charge in [-0.3, -0.25) is 4.79 Å². The van der Waals surface area contributed by atoms with Gasteiger partial charge in [-0.2, -0.15) is 18.4 Å². The summed E-state index contributed by atoms with van der Waals surface area (Å²) in [4.78, 5) is 17.3. The maximum Gasteiger partial charge on any atom is 0.417 e. The Balaban J connectivity index is 2.58. The number of carbonyl (C=O) groups excluding carboxylic acids is 1. The number of aromatic nitrogens is 1. The number of alkyl halides is 3. The van der Waals surface area contributed by atoms with Crippen LogP contribution in [0.25, 0.3) is 0 Å². The van der Waals surface area contributed by atoms with Crippen LogP contribution in [0.1, 0.15) is 19.4 Å². The van der Waals surface area contributed by atoms with Crippen LogP contribution in [0.3, 0.4) is 0 Å². The van der Waals surface area contributed by atoms with E-state index >= 15 is 0 Å². The zero-order chi connectivity index (χ0) is 16.8. The van der Waals surface area contributed by atoms with Crippen LogP contribution in [0.4, 0.5) is 13.2 Å². The van der Waals surface area contributed by atoms with Crippen molar-refractivity contribution >= 4 is 17.7 Å². The average Bonchev–Trinajstić information content (AvgIpc) is 2.49. The zero-order valence-electron chi connectivity index (χ0n) is 12.2. The molecule has 1 aromatic rings. The molecule has 0 saturated heterocycles. The van der Waals surface area contributed by atoms with Crippen molar-refractivity contribution in [2.24, 2.45) is 5.92 Å². The molecular weight excluding hydrogens is 315 g/mol. The van der Waals surface area contributed by atoms with Gasteiger partial charge in [-0.15, -0.1) is 0 Å². The Morgan fingerprint density at radius 2 is 2.18 bits per heavy atom. The molecule has 0 bridgehead atoms. The predicted octanol–water partition coefficient (Wildman–Crippen LogP) is 3.20. The molecule has 1 rings (SSSR count). The SMILES string of the molecule is CCN(C[C@@H](C)C#N)C(=O)CSc1ccc(C(F)(F)F)cn1. The molecule has 120 valence electrons. The molecule has 1 amide bonds. The molecule has 1 heterocycles. The number of thioether (sulfide) groups is 1. The van der Waals surface area contributed by atoms with Gasteiger partial charge in [0.2, 0.25) is 5.91 Å². The number of amides is 1. The third-order valence-electron chi connectivity index (χ3n) is 2.86. The fourth-order valence-corrected chi connectivity index (χ4v) is 2.38. The molecule has 0 aromatic carbocycles. The van der Waals surface area contributed by atoms with Gasteiger partial charge < -0.3 is 4.90 Å². The van der Waals surface area contributed by atoms with Crippen molar-refractivity contribution in [1.29, 1.82) is 5.26 Å². The number of halogens is 3. The summed E-state index contributed by atoms with van der Waals surface area (Å²) < 4.78 is 37.2. The standard InChI is InChI=1S/C14H16F3N3OS/c1-3-20(8-10(2)6-18)13(21)9-22-12-5-4-11(7-19-12)14(15,16)17/h4-5,7,10H,3,8-9H2,1-2H3/t10-/m0/s1. The lowest BCUT2D eigenvalue weighted by Crippen LogP contribution is -2.35. The molecular formula is C14H16F3N3OS. The van der Waals surface area contributed by atoms with Crippen LogP contribution in [0.2, 0.25) is 0 Å². The second-order valence-electron chi connectivity index (χ2n) is 4.63. The third kappa shape index (κ3) is 5.56. The lowest BCUT2D eigenvalue weighted by Gasteiger charge is -2.21. The summed E-state index contributed by atoms with van der Waals surface area (Å²) in [5.74, 6) is -0.362. The average molecular weight is 331 g/mol. The topological polar surface area (TPSA) is 57.0 Å². The van der Waals surface area contributed by atoms with Crippen LogP contribution in [-0.4, -0.2) is 34.6 Å². The first-order valence-electron chi connectivity index (χ1n) is 6.61. The van der Waals surface area contributed by atoms with Gasteiger partial charge in [-0.1, -0.05) is 11.8 Å². The van der Waals surface area contributed by atoms with Gasteiger partial charge in [-0.05, 0) is 26.0 Å². The van der Waals surface area contributed by atoms with Crippen molar-refractivity contribution in [1.82, 2.24) is 9.88 Å². The van der Waals surface area contributed by atoms with Crippen molar-refractivity contribution < 1.29 is 18.0 Å². The minimum Gasteiger partial charge on any atom is -0.341 e. The van der Waals surface area contributed by atoms with Gasteiger partial charge >= 0.3 is 6.18 Å². The monoisotopic (exact) mass is 331 g/mol. The number of hydrogen-bond acceptors (Lipinski definition) is 4. The highest BCUT2D eigenvalue weighted by Crippen LogP contribution is 2.29. The molecule has 0 N–H and O–H groups in total. The molecule has 0 spiro atoms. The van der Waals surface area contributed by atoms with Gasteiger partial charge in [0.1, 0.15) is 0 Å². The summed E-state index contributed by atoms with van der Waals surface area (Å²) in [6.45, 7) is 4.35. The lowest BCUT2D eigenvalue weighted by molar-refractivity contribution is -0.138. The minimum atomic E-state index is -4.42. The molecule has 0 radical (unpaired) electrons. The van der Waals surface area contributed by atoms with Gasteiger partial charge in [0.05, 0.1) is 28.3 Å². The Morgan fingerprint density at radius 1 is 1.50 bits per heavy atom. The van der Waals surface area contributed by atoms with Gasteiger partial charge in [0.25, 0.3) is 0 Å². The van der Waals surface area contributed by atoms with Crippen molar-refractivity contribution in [2.75, 3.05) is 18.8 Å². The molecule has 0 aliphatic rings. The van der Waals surface area contributed by atoms with E-state index in [4.69, 9.17) is 5.26 Å². The predicted molar refractivity (Wildman–Crippen MR) is 77.0 cm³/mol. The van der Waals surface area contributed by atoms with Crippen molar-refractivity contribution in [3.63, 3.8) is 0 Å². The highest BCUT2D eigenvalue weighted by molar-refractivity contribution is 7.99.